The van der Waals surface area contributed by atoms with Crippen LogP contribution in [0.3, 0.4) is 0 Å². The van der Waals surface area contributed by atoms with E-state index in [2.05, 4.69) is 63.8 Å². The molecule has 4 fully saturated rings. The molecule has 4 saturated carbocycles. The number of unbranched alkanes of at least 4 members (excludes halogenated alkanes) is 10. The van der Waals surface area contributed by atoms with E-state index in [0.29, 0.717) is 35.2 Å². The molecule has 4 aliphatic rings. The molecule has 4 heterocycles. The number of pyridine rings is 4. The van der Waals surface area contributed by atoms with Crippen molar-refractivity contribution in [2.24, 2.45) is 0 Å². The van der Waals surface area contributed by atoms with E-state index in [1.807, 2.05) is 99.0 Å². The number of aryl methyl sites for hydroxylation is 2. The molecule has 4 aliphatic carbocycles. The van der Waals surface area contributed by atoms with Gasteiger partial charge in [-0.05, 0) is 163 Å². The van der Waals surface area contributed by atoms with E-state index in [-0.39, 0.29) is 45.3 Å². The van der Waals surface area contributed by atoms with Crippen LogP contribution in [0.25, 0.3) is 54.4 Å². The maximum absolute atomic E-state index is 14.7. The topological polar surface area (TPSA) is 69.8 Å². The van der Waals surface area contributed by atoms with Gasteiger partial charge in [-0.2, -0.15) is 0 Å². The fourth-order valence-corrected chi connectivity index (χ4v) is 8.84. The summed E-state index contributed by atoms with van der Waals surface area (Å²) in [6.07, 6.45) is 50.0. The molecule has 0 N–H and O–H groups in total. The first-order valence-corrected chi connectivity index (χ1v) is 22.3. The second kappa shape index (κ2) is 24.1. The fourth-order valence-electron chi connectivity index (χ4n) is 8.84. The zero-order valence-electron chi connectivity index (χ0n) is 35.9. The van der Waals surface area contributed by atoms with Crippen molar-refractivity contribution in [3.63, 3.8) is 0 Å². The standard InChI is InChI=1S/C44H46N4O2.2C5H5.2Fe/c1-3-5-7-9-11-17-23-47-41-37-31(27-35(45-41)29-19-13-14-20-29)26-34-40-38-32(25-33(39(37)40)43(47)49)28-36(30-21-15-16-22-30)46-42(38)48(44(34)50)24-18-12-10-8-6-4-2;2*1-2-4-5-3-1;;/h13-16,19-22,25-28H,3-12,17-18,23-24H2,1-2H3;2*1-5H;;/q;;;2*+2. The number of aromatic nitrogens is 4. The van der Waals surface area contributed by atoms with E-state index >= 15 is 0 Å². The number of nitrogens with zero attached hydrogens (tertiary/aromatic N) is 4. The maximum atomic E-state index is 14.7. The molecule has 0 spiro atoms. The van der Waals surface area contributed by atoms with Gasteiger partial charge in [0.25, 0.3) is 11.1 Å². The Morgan fingerprint density at radius 1 is 0.403 bits per heavy atom. The van der Waals surface area contributed by atoms with Gasteiger partial charge in [0.2, 0.25) is 0 Å². The number of benzene rings is 2. The third kappa shape index (κ3) is 10.9. The molecule has 0 aliphatic heterocycles. The Morgan fingerprint density at radius 2 is 0.726 bits per heavy atom. The van der Waals surface area contributed by atoms with Crippen LogP contribution in [0, 0.1) is 127 Å². The minimum absolute atomic E-state index is 0. The smallest absolute Gasteiger partial charge is 0.292 e. The van der Waals surface area contributed by atoms with Crippen molar-refractivity contribution in [3.05, 3.63) is 184 Å². The number of rotatable bonds is 16. The largest absolute Gasteiger partial charge is 2.00 e. The van der Waals surface area contributed by atoms with Gasteiger partial charge in [0, 0.05) is 57.2 Å². The van der Waals surface area contributed by atoms with Gasteiger partial charge < -0.3 is 0 Å². The Bertz CT molecular complexity index is 2220. The molecule has 0 saturated heterocycles. The van der Waals surface area contributed by atoms with Crippen LogP contribution in [0.1, 0.15) is 102 Å². The van der Waals surface area contributed by atoms with Crippen LogP contribution in [0.5, 0.6) is 0 Å². The van der Waals surface area contributed by atoms with Gasteiger partial charge in [0.15, 0.2) is 0 Å². The van der Waals surface area contributed by atoms with E-state index in [4.69, 9.17) is 9.97 Å². The molecule has 0 unspecified atom stereocenters. The second-order valence-electron chi connectivity index (χ2n) is 16.2. The molecule has 2 aromatic carbocycles. The van der Waals surface area contributed by atoms with Crippen LogP contribution in [0.15, 0.2) is 33.9 Å². The van der Waals surface area contributed by atoms with Gasteiger partial charge in [-0.25, -0.2) is 9.97 Å². The van der Waals surface area contributed by atoms with Crippen molar-refractivity contribution in [3.8, 4) is 0 Å². The van der Waals surface area contributed by atoms with Crippen molar-refractivity contribution in [1.82, 2.24) is 19.1 Å². The van der Waals surface area contributed by atoms with Crippen molar-refractivity contribution < 1.29 is 34.1 Å². The molecule has 6 aromatic rings. The summed E-state index contributed by atoms with van der Waals surface area (Å²) in [5.74, 6) is 2.02. The molecule has 4 aromatic heterocycles. The molecule has 0 amide bonds. The first-order chi connectivity index (χ1) is 29.6. The molecule has 316 valence electrons. The summed E-state index contributed by atoms with van der Waals surface area (Å²) in [6, 6.07) is 8.35. The van der Waals surface area contributed by atoms with E-state index in [1.54, 1.807) is 0 Å². The van der Waals surface area contributed by atoms with Gasteiger partial charge >= 0.3 is 34.1 Å². The predicted molar refractivity (Wildman–Crippen MR) is 249 cm³/mol. The van der Waals surface area contributed by atoms with Gasteiger partial charge in [0.05, 0.1) is 11.4 Å². The second-order valence-corrected chi connectivity index (χ2v) is 16.2. The van der Waals surface area contributed by atoms with E-state index in [0.717, 1.165) is 81.2 Å². The third-order valence-corrected chi connectivity index (χ3v) is 11.9. The van der Waals surface area contributed by atoms with Crippen LogP contribution in [-0.2, 0) is 47.2 Å². The molecule has 62 heavy (non-hydrogen) atoms. The first kappa shape index (κ1) is 48.9. The number of hydrogen-bond donors (Lipinski definition) is 0. The summed E-state index contributed by atoms with van der Waals surface area (Å²) in [5, 5.41) is 6.84. The van der Waals surface area contributed by atoms with Crippen molar-refractivity contribution >= 4 is 54.4 Å². The van der Waals surface area contributed by atoms with E-state index in [1.165, 1.54) is 51.4 Å². The summed E-state index contributed by atoms with van der Waals surface area (Å²) in [4.78, 5) is 39.9. The summed E-state index contributed by atoms with van der Waals surface area (Å²) in [7, 11) is 0. The normalized spacial score (nSPS) is 17.0. The third-order valence-electron chi connectivity index (χ3n) is 11.9. The molecular formula is C54H56Fe2N4O2+4. The minimum Gasteiger partial charge on any atom is -0.292 e. The average Bonchev–Trinajstić information content (AvgIpc) is 4.13. The van der Waals surface area contributed by atoms with Crippen molar-refractivity contribution in [2.75, 3.05) is 0 Å². The van der Waals surface area contributed by atoms with Crippen LogP contribution in [0.2, 0.25) is 0 Å². The Kier molecular flexibility index (Phi) is 19.1. The first-order valence-electron chi connectivity index (χ1n) is 22.3. The predicted octanol–water partition coefficient (Wildman–Crippen LogP) is 11.7. The van der Waals surface area contributed by atoms with E-state index < -0.39 is 0 Å². The van der Waals surface area contributed by atoms with Gasteiger partial charge in [-0.3, -0.25) is 18.7 Å². The Morgan fingerprint density at radius 3 is 1.06 bits per heavy atom. The quantitative estimate of drug-likeness (QED) is 0.0420. The van der Waals surface area contributed by atoms with Crippen LogP contribution < -0.4 is 11.1 Å². The molecule has 8 heteroatoms. The summed E-state index contributed by atoms with van der Waals surface area (Å²) >= 11 is 0. The van der Waals surface area contributed by atoms with Gasteiger partial charge in [-0.1, -0.05) is 78.1 Å². The number of hydrogen-bond acceptors (Lipinski definition) is 4. The van der Waals surface area contributed by atoms with Crippen LogP contribution in [0.4, 0.5) is 0 Å². The zero-order valence-corrected chi connectivity index (χ0v) is 38.1. The molecule has 10 rings (SSSR count). The van der Waals surface area contributed by atoms with Crippen molar-refractivity contribution in [1.29, 1.82) is 0 Å². The Hall–Kier alpha value is -2.50. The molecule has 0 bridgehead atoms. The van der Waals surface area contributed by atoms with Gasteiger partial charge in [0.1, 0.15) is 11.3 Å². The SMILES string of the molecule is CCCCCCCCn1c(=O)c2cc3cc([C]4[CH][CH][CH][CH]4)nc4c3c3c(cc5cc([C]6[CH][CH][CH][CH]6)nc1c5c23)c(=O)n4CCCCCCCC.[CH]1[CH][CH][CH][CH]1.[CH]1[CH][CH][CH][CH]1.[Fe+2].[Fe+2]. The van der Waals surface area contributed by atoms with Crippen LogP contribution in [-0.4, -0.2) is 19.1 Å². The van der Waals surface area contributed by atoms with E-state index in [9.17, 15) is 9.59 Å². The molecule has 0 atom stereocenters. The summed E-state index contributed by atoms with van der Waals surface area (Å²) < 4.78 is 3.83. The minimum atomic E-state index is -0.0336. The summed E-state index contributed by atoms with van der Waals surface area (Å²) in [6.45, 7) is 5.70. The fraction of sp³-hybridized carbons (Fsp3) is 0.296. The van der Waals surface area contributed by atoms with Gasteiger partial charge in [-0.15, -0.1) is 0 Å². The zero-order chi connectivity index (χ0) is 41.3. The Labute approximate surface area is 393 Å². The Balaban J connectivity index is 0.000000471. The molecule has 6 nitrogen and oxygen atoms in total. The average molecular weight is 905 g/mol. The summed E-state index contributed by atoms with van der Waals surface area (Å²) in [5.41, 5.74) is 2.99. The molecular weight excluding hydrogens is 848 g/mol. The monoisotopic (exact) mass is 904 g/mol. The van der Waals surface area contributed by atoms with Crippen LogP contribution >= 0.6 is 0 Å². The van der Waals surface area contributed by atoms with Crippen molar-refractivity contribution in [2.45, 2.75) is 104 Å². The maximum Gasteiger partial charge on any atom is 2.00 e. The molecule has 20 radical (unpaired) electrons.